The summed E-state index contributed by atoms with van der Waals surface area (Å²) in [5.74, 6) is 3.25. The van der Waals surface area contributed by atoms with Crippen molar-refractivity contribution in [2.75, 3.05) is 6.54 Å². The minimum Gasteiger partial charge on any atom is -0.482 e. The van der Waals surface area contributed by atoms with Crippen LogP contribution in [0.1, 0.15) is 36.8 Å². The predicted molar refractivity (Wildman–Crippen MR) is 82.3 cm³/mol. The molecule has 0 aromatic carbocycles. The SMILES string of the molecule is Cc1nn(C)c(C)c1OCc1ccc(CNCC(C)C)o1. The summed E-state index contributed by atoms with van der Waals surface area (Å²) in [4.78, 5) is 0. The van der Waals surface area contributed by atoms with Gasteiger partial charge in [-0.25, -0.2) is 0 Å². The van der Waals surface area contributed by atoms with E-state index >= 15 is 0 Å². The average molecular weight is 291 g/mol. The third-order valence-electron chi connectivity index (χ3n) is 3.37. The summed E-state index contributed by atoms with van der Waals surface area (Å²) in [7, 11) is 1.92. The highest BCUT2D eigenvalue weighted by molar-refractivity contribution is 5.31. The molecule has 0 bridgehead atoms. The van der Waals surface area contributed by atoms with Gasteiger partial charge in [-0.15, -0.1) is 0 Å². The standard InChI is InChI=1S/C16H25N3O2/c1-11(2)8-17-9-14-6-7-15(21-14)10-20-16-12(3)18-19(5)13(16)4/h6-7,11,17H,8-10H2,1-5H3. The Hall–Kier alpha value is -1.75. The lowest BCUT2D eigenvalue weighted by Gasteiger charge is -2.06. The van der Waals surface area contributed by atoms with Crippen molar-refractivity contribution in [1.82, 2.24) is 15.1 Å². The van der Waals surface area contributed by atoms with E-state index in [-0.39, 0.29) is 0 Å². The molecule has 2 aromatic rings. The van der Waals surface area contributed by atoms with Gasteiger partial charge < -0.3 is 14.5 Å². The molecule has 0 saturated carbocycles. The molecule has 116 valence electrons. The number of nitrogens with zero attached hydrogens (tertiary/aromatic N) is 2. The maximum absolute atomic E-state index is 5.83. The summed E-state index contributed by atoms with van der Waals surface area (Å²) < 4.78 is 13.4. The molecule has 21 heavy (non-hydrogen) atoms. The van der Waals surface area contributed by atoms with Gasteiger partial charge in [-0.2, -0.15) is 5.10 Å². The van der Waals surface area contributed by atoms with Gasteiger partial charge in [0.05, 0.1) is 12.2 Å². The first-order valence-electron chi connectivity index (χ1n) is 7.38. The Morgan fingerprint density at radius 2 is 2.00 bits per heavy atom. The lowest BCUT2D eigenvalue weighted by Crippen LogP contribution is -2.18. The first kappa shape index (κ1) is 15.6. The number of aromatic nitrogens is 2. The highest BCUT2D eigenvalue weighted by Crippen LogP contribution is 2.22. The van der Waals surface area contributed by atoms with Crippen molar-refractivity contribution in [3.63, 3.8) is 0 Å². The van der Waals surface area contributed by atoms with E-state index in [4.69, 9.17) is 9.15 Å². The quantitative estimate of drug-likeness (QED) is 0.852. The second-order valence-corrected chi connectivity index (χ2v) is 5.80. The molecule has 0 aliphatic rings. The van der Waals surface area contributed by atoms with E-state index in [2.05, 4.69) is 24.3 Å². The van der Waals surface area contributed by atoms with Crippen LogP contribution < -0.4 is 10.1 Å². The van der Waals surface area contributed by atoms with Crippen molar-refractivity contribution < 1.29 is 9.15 Å². The molecule has 0 amide bonds. The molecule has 0 radical (unpaired) electrons. The van der Waals surface area contributed by atoms with Crippen LogP contribution in [0, 0.1) is 19.8 Å². The van der Waals surface area contributed by atoms with Crippen LogP contribution in [0.5, 0.6) is 5.75 Å². The number of furan rings is 1. The molecule has 2 rings (SSSR count). The normalized spacial score (nSPS) is 11.3. The van der Waals surface area contributed by atoms with Crippen LogP contribution in [0.3, 0.4) is 0 Å². The van der Waals surface area contributed by atoms with Crippen molar-refractivity contribution in [2.45, 2.75) is 40.8 Å². The van der Waals surface area contributed by atoms with E-state index in [0.29, 0.717) is 12.5 Å². The fourth-order valence-corrected chi connectivity index (χ4v) is 2.19. The molecular formula is C16H25N3O2. The lowest BCUT2D eigenvalue weighted by atomic mass is 10.2. The van der Waals surface area contributed by atoms with Crippen molar-refractivity contribution >= 4 is 0 Å². The lowest BCUT2D eigenvalue weighted by molar-refractivity contribution is 0.261. The van der Waals surface area contributed by atoms with E-state index in [0.717, 1.165) is 41.7 Å². The zero-order chi connectivity index (χ0) is 15.4. The molecule has 0 atom stereocenters. The number of rotatable bonds is 7. The smallest absolute Gasteiger partial charge is 0.163 e. The van der Waals surface area contributed by atoms with Gasteiger partial charge in [0, 0.05) is 7.05 Å². The molecule has 0 spiro atoms. The van der Waals surface area contributed by atoms with Crippen LogP contribution in [0.4, 0.5) is 0 Å². The van der Waals surface area contributed by atoms with E-state index in [1.807, 2.05) is 37.7 Å². The van der Waals surface area contributed by atoms with Gasteiger partial charge in [0.15, 0.2) is 5.75 Å². The molecule has 0 aliphatic carbocycles. The number of hydrogen-bond donors (Lipinski definition) is 1. The number of hydrogen-bond acceptors (Lipinski definition) is 4. The van der Waals surface area contributed by atoms with Gasteiger partial charge in [0.25, 0.3) is 0 Å². The first-order valence-corrected chi connectivity index (χ1v) is 7.38. The van der Waals surface area contributed by atoms with Crippen LogP contribution in [-0.4, -0.2) is 16.3 Å². The molecule has 2 heterocycles. The first-order chi connectivity index (χ1) is 9.97. The minimum absolute atomic E-state index is 0.428. The highest BCUT2D eigenvalue weighted by Gasteiger charge is 2.11. The second kappa shape index (κ2) is 6.80. The van der Waals surface area contributed by atoms with E-state index in [1.54, 1.807) is 0 Å². The molecule has 0 fully saturated rings. The monoisotopic (exact) mass is 291 g/mol. The molecule has 0 unspecified atom stereocenters. The Bertz CT molecular complexity index is 584. The van der Waals surface area contributed by atoms with Crippen LogP contribution in [0.25, 0.3) is 0 Å². The van der Waals surface area contributed by atoms with E-state index < -0.39 is 0 Å². The maximum atomic E-state index is 5.83. The minimum atomic E-state index is 0.428. The van der Waals surface area contributed by atoms with Crippen LogP contribution >= 0.6 is 0 Å². The highest BCUT2D eigenvalue weighted by atomic mass is 16.5. The molecule has 2 aromatic heterocycles. The van der Waals surface area contributed by atoms with Crippen LogP contribution in [0.15, 0.2) is 16.5 Å². The Kier molecular flexibility index (Phi) is 5.07. The van der Waals surface area contributed by atoms with E-state index in [9.17, 15) is 0 Å². The van der Waals surface area contributed by atoms with Crippen molar-refractivity contribution in [1.29, 1.82) is 0 Å². The number of ether oxygens (including phenoxy) is 1. The molecule has 0 saturated heterocycles. The van der Waals surface area contributed by atoms with Gasteiger partial charge in [0.1, 0.15) is 23.8 Å². The average Bonchev–Trinajstić information content (AvgIpc) is 2.94. The molecule has 1 N–H and O–H groups in total. The van der Waals surface area contributed by atoms with Crippen LogP contribution in [-0.2, 0) is 20.2 Å². The molecule has 0 aliphatic heterocycles. The van der Waals surface area contributed by atoms with Gasteiger partial charge in [-0.3, -0.25) is 4.68 Å². The summed E-state index contributed by atoms with van der Waals surface area (Å²) in [6.45, 7) is 10.5. The van der Waals surface area contributed by atoms with E-state index in [1.165, 1.54) is 0 Å². The molecule has 5 heteroatoms. The third-order valence-corrected chi connectivity index (χ3v) is 3.37. The zero-order valence-electron chi connectivity index (χ0n) is 13.6. The Morgan fingerprint density at radius 1 is 1.29 bits per heavy atom. The van der Waals surface area contributed by atoms with Gasteiger partial charge in [0.2, 0.25) is 0 Å². The van der Waals surface area contributed by atoms with Gasteiger partial charge in [-0.1, -0.05) is 13.8 Å². The Morgan fingerprint density at radius 3 is 2.62 bits per heavy atom. The zero-order valence-corrected chi connectivity index (χ0v) is 13.6. The summed E-state index contributed by atoms with van der Waals surface area (Å²) in [5, 5.41) is 7.70. The molecule has 5 nitrogen and oxygen atoms in total. The van der Waals surface area contributed by atoms with Gasteiger partial charge >= 0.3 is 0 Å². The topological polar surface area (TPSA) is 52.2 Å². The number of nitrogens with one attached hydrogen (secondary N) is 1. The summed E-state index contributed by atoms with van der Waals surface area (Å²) >= 11 is 0. The largest absolute Gasteiger partial charge is 0.482 e. The number of aryl methyl sites for hydroxylation is 2. The molecular weight excluding hydrogens is 266 g/mol. The summed E-state index contributed by atoms with van der Waals surface area (Å²) in [6, 6.07) is 3.96. The second-order valence-electron chi connectivity index (χ2n) is 5.80. The van der Waals surface area contributed by atoms with Crippen molar-refractivity contribution in [3.05, 3.63) is 35.0 Å². The van der Waals surface area contributed by atoms with Crippen LogP contribution in [0.2, 0.25) is 0 Å². The fraction of sp³-hybridized carbons (Fsp3) is 0.562. The fourth-order valence-electron chi connectivity index (χ4n) is 2.19. The van der Waals surface area contributed by atoms with Crippen molar-refractivity contribution in [2.24, 2.45) is 13.0 Å². The van der Waals surface area contributed by atoms with Crippen molar-refractivity contribution in [3.8, 4) is 5.75 Å². The predicted octanol–water partition coefficient (Wildman–Crippen LogP) is 2.95. The van der Waals surface area contributed by atoms with Gasteiger partial charge in [-0.05, 0) is 38.4 Å². The third kappa shape index (κ3) is 4.11. The maximum Gasteiger partial charge on any atom is 0.163 e. The Balaban J connectivity index is 1.88. The summed E-state index contributed by atoms with van der Waals surface area (Å²) in [6.07, 6.45) is 0. The Labute approximate surface area is 126 Å². The summed E-state index contributed by atoms with van der Waals surface area (Å²) in [5.41, 5.74) is 1.93.